The molecule has 1 rings (SSSR count). The van der Waals surface area contributed by atoms with Crippen LogP contribution < -0.4 is 0 Å². The Morgan fingerprint density at radius 1 is 1.77 bits per heavy atom. The van der Waals surface area contributed by atoms with Crippen molar-refractivity contribution < 1.29 is 18.3 Å². The predicted octanol–water partition coefficient (Wildman–Crippen LogP) is 1.88. The van der Waals surface area contributed by atoms with Gasteiger partial charge in [-0.1, -0.05) is 0 Å². The summed E-state index contributed by atoms with van der Waals surface area (Å²) < 4.78 is 24.6. The number of ether oxygens (including phenoxy) is 1. The van der Waals surface area contributed by atoms with Crippen LogP contribution in [0.4, 0.5) is 0 Å². The Bertz CT molecular complexity index is 360. The van der Waals surface area contributed by atoms with E-state index < -0.39 is 17.0 Å². The molecule has 1 atom stereocenters. The predicted molar refractivity (Wildman–Crippen MR) is 52.4 cm³/mol. The lowest BCUT2D eigenvalue weighted by Crippen LogP contribution is -1.96. The van der Waals surface area contributed by atoms with E-state index in [1.165, 1.54) is 13.2 Å². The highest BCUT2D eigenvalue weighted by Crippen LogP contribution is 2.30. The Kier molecular flexibility index (Phi) is 3.60. The highest BCUT2D eigenvalue weighted by Gasteiger charge is 2.16. The number of rotatable bonds is 2. The van der Waals surface area contributed by atoms with E-state index in [-0.39, 0.29) is 4.21 Å². The van der Waals surface area contributed by atoms with Gasteiger partial charge in [0.2, 0.25) is 0 Å². The Labute approximate surface area is 89.3 Å². The van der Waals surface area contributed by atoms with Gasteiger partial charge in [-0.15, -0.1) is 11.3 Å². The van der Waals surface area contributed by atoms with Gasteiger partial charge in [-0.3, -0.25) is 0 Å². The zero-order valence-corrected chi connectivity index (χ0v) is 9.66. The number of thiophene rings is 1. The molecule has 1 heterocycles. The summed E-state index contributed by atoms with van der Waals surface area (Å²) in [6.07, 6.45) is 0. The van der Waals surface area contributed by atoms with Crippen LogP contribution >= 0.6 is 27.3 Å². The fourth-order valence-electron chi connectivity index (χ4n) is 0.672. The van der Waals surface area contributed by atoms with Crippen LogP contribution in [0.2, 0.25) is 0 Å². The first-order valence-electron chi connectivity index (χ1n) is 3.04. The third-order valence-corrected chi connectivity index (χ3v) is 4.48. The smallest absolute Gasteiger partial charge is 0.348 e. The lowest BCUT2D eigenvalue weighted by molar-refractivity contribution is 0.0606. The fraction of sp³-hybridized carbons (Fsp3) is 0.167. The van der Waals surface area contributed by atoms with Crippen molar-refractivity contribution in [3.05, 3.63) is 15.4 Å². The van der Waals surface area contributed by atoms with Crippen molar-refractivity contribution in [2.45, 2.75) is 4.21 Å². The molecule has 13 heavy (non-hydrogen) atoms. The third kappa shape index (κ3) is 2.37. The van der Waals surface area contributed by atoms with Crippen LogP contribution in [0, 0.1) is 0 Å². The van der Waals surface area contributed by atoms with Gasteiger partial charge in [-0.05, 0) is 22.0 Å². The lowest BCUT2D eigenvalue weighted by Gasteiger charge is -1.91. The molecular weight excluding hydrogens is 280 g/mol. The average molecular weight is 285 g/mol. The van der Waals surface area contributed by atoms with Crippen molar-refractivity contribution in [2.24, 2.45) is 0 Å². The van der Waals surface area contributed by atoms with Gasteiger partial charge in [0, 0.05) is 4.47 Å². The fourth-order valence-corrected chi connectivity index (χ4v) is 3.19. The van der Waals surface area contributed by atoms with Gasteiger partial charge in [-0.2, -0.15) is 0 Å². The molecule has 0 fully saturated rings. The average Bonchev–Trinajstić information content (AvgIpc) is 2.46. The molecule has 72 valence electrons. The first kappa shape index (κ1) is 10.8. The molecule has 0 amide bonds. The van der Waals surface area contributed by atoms with Crippen LogP contribution in [-0.2, 0) is 15.8 Å². The highest BCUT2D eigenvalue weighted by molar-refractivity contribution is 9.10. The molecule has 0 radical (unpaired) electrons. The van der Waals surface area contributed by atoms with Crippen molar-refractivity contribution in [1.82, 2.24) is 0 Å². The number of methoxy groups -OCH3 is 1. The minimum Gasteiger partial charge on any atom is -0.465 e. The van der Waals surface area contributed by atoms with E-state index in [9.17, 15) is 9.00 Å². The Morgan fingerprint density at radius 3 is 2.77 bits per heavy atom. The molecule has 1 aromatic heterocycles. The normalized spacial score (nSPS) is 12.5. The zero-order chi connectivity index (χ0) is 10.0. The maximum atomic E-state index is 11.0. The van der Waals surface area contributed by atoms with Crippen molar-refractivity contribution in [1.29, 1.82) is 0 Å². The van der Waals surface area contributed by atoms with Crippen LogP contribution in [-0.4, -0.2) is 21.8 Å². The van der Waals surface area contributed by atoms with E-state index in [0.717, 1.165) is 11.3 Å². The molecule has 0 aromatic carbocycles. The highest BCUT2D eigenvalue weighted by atomic mass is 79.9. The summed E-state index contributed by atoms with van der Waals surface area (Å²) in [7, 11) is 1.26. The summed E-state index contributed by atoms with van der Waals surface area (Å²) in [5, 5.41) is 0. The quantitative estimate of drug-likeness (QED) is 0.665. The molecule has 0 aliphatic rings. The molecule has 1 unspecified atom stereocenters. The monoisotopic (exact) mass is 284 g/mol. The van der Waals surface area contributed by atoms with Gasteiger partial charge in [0.1, 0.15) is 9.09 Å². The number of hydrogen-bond donors (Lipinski definition) is 1. The molecule has 1 aromatic rings. The molecule has 0 saturated heterocycles. The number of carbonyl (C=O) groups is 1. The van der Waals surface area contributed by atoms with Gasteiger partial charge in [0.15, 0.2) is 11.1 Å². The van der Waals surface area contributed by atoms with Crippen molar-refractivity contribution in [3.8, 4) is 0 Å². The number of halogens is 1. The molecule has 0 saturated carbocycles. The number of carbonyl (C=O) groups excluding carboxylic acids is 1. The third-order valence-electron chi connectivity index (χ3n) is 1.20. The second-order valence-corrected chi connectivity index (χ2v) is 5.06. The largest absolute Gasteiger partial charge is 0.465 e. The van der Waals surface area contributed by atoms with E-state index >= 15 is 0 Å². The summed E-state index contributed by atoms with van der Waals surface area (Å²) in [4.78, 5) is 11.3. The maximum Gasteiger partial charge on any atom is 0.348 e. The minimum absolute atomic E-state index is 0.209. The molecule has 0 aliphatic heterocycles. The maximum absolute atomic E-state index is 11.0. The Morgan fingerprint density at radius 2 is 2.38 bits per heavy atom. The number of hydrogen-bond acceptors (Lipinski definition) is 4. The second kappa shape index (κ2) is 4.32. The molecule has 4 nitrogen and oxygen atoms in total. The van der Waals surface area contributed by atoms with Gasteiger partial charge in [0.25, 0.3) is 0 Å². The van der Waals surface area contributed by atoms with Crippen LogP contribution in [0.15, 0.2) is 14.7 Å². The summed E-state index contributed by atoms with van der Waals surface area (Å²) in [6.45, 7) is 0. The molecule has 0 bridgehead atoms. The molecule has 0 aliphatic carbocycles. The van der Waals surface area contributed by atoms with Gasteiger partial charge in [0.05, 0.1) is 7.11 Å². The molecule has 0 spiro atoms. The van der Waals surface area contributed by atoms with Crippen molar-refractivity contribution in [2.75, 3.05) is 7.11 Å². The van der Waals surface area contributed by atoms with Gasteiger partial charge >= 0.3 is 5.97 Å². The topological polar surface area (TPSA) is 63.6 Å². The lowest BCUT2D eigenvalue weighted by atomic mass is 10.5. The first-order chi connectivity index (χ1) is 6.06. The van der Waals surface area contributed by atoms with Crippen LogP contribution in [0.5, 0.6) is 0 Å². The summed E-state index contributed by atoms with van der Waals surface area (Å²) in [5.74, 6) is -0.512. The minimum atomic E-state index is -2.07. The zero-order valence-electron chi connectivity index (χ0n) is 6.44. The van der Waals surface area contributed by atoms with Crippen LogP contribution in [0.3, 0.4) is 0 Å². The van der Waals surface area contributed by atoms with Crippen molar-refractivity contribution in [3.63, 3.8) is 0 Å². The van der Waals surface area contributed by atoms with E-state index in [1.807, 2.05) is 0 Å². The van der Waals surface area contributed by atoms with Gasteiger partial charge in [-0.25, -0.2) is 9.00 Å². The summed E-state index contributed by atoms with van der Waals surface area (Å²) in [6, 6.07) is 1.46. The standard InChI is InChI=1S/C6H5BrO4S2/c1-11-5(8)4-2-3(7)6(12-4)13(9)10/h2H,1H3,(H,9,10). The second-order valence-electron chi connectivity index (χ2n) is 1.99. The summed E-state index contributed by atoms with van der Waals surface area (Å²) in [5.41, 5.74) is 0. The molecular formula is C6H5BrO4S2. The van der Waals surface area contributed by atoms with E-state index in [2.05, 4.69) is 20.7 Å². The van der Waals surface area contributed by atoms with Crippen molar-refractivity contribution >= 4 is 44.3 Å². The van der Waals surface area contributed by atoms with E-state index in [1.54, 1.807) is 0 Å². The van der Waals surface area contributed by atoms with Gasteiger partial charge < -0.3 is 9.29 Å². The van der Waals surface area contributed by atoms with E-state index in [0.29, 0.717) is 9.35 Å². The van der Waals surface area contributed by atoms with Crippen LogP contribution in [0.1, 0.15) is 9.67 Å². The molecule has 7 heteroatoms. The Balaban J connectivity index is 3.09. The summed E-state index contributed by atoms with van der Waals surface area (Å²) >= 11 is 1.92. The Hall–Kier alpha value is -0.240. The van der Waals surface area contributed by atoms with Crippen LogP contribution in [0.25, 0.3) is 0 Å². The molecule has 1 N–H and O–H groups in total. The SMILES string of the molecule is COC(=O)c1cc(Br)c(S(=O)O)s1. The number of esters is 1. The van der Waals surface area contributed by atoms with E-state index in [4.69, 9.17) is 4.55 Å². The first-order valence-corrected chi connectivity index (χ1v) is 5.76.